The average molecular weight is 242 g/mol. The molecule has 0 saturated heterocycles. The molecule has 0 radical (unpaired) electrons. The summed E-state index contributed by atoms with van der Waals surface area (Å²) in [7, 11) is 1.62. The molecular weight excluding hydrogens is 228 g/mol. The van der Waals surface area contributed by atoms with Crippen LogP contribution in [-0.4, -0.2) is 22.9 Å². The number of aryl methyl sites for hydroxylation is 1. The molecule has 0 aliphatic carbocycles. The molecule has 0 N–H and O–H groups in total. The van der Waals surface area contributed by atoms with Crippen LogP contribution in [0, 0.1) is 6.92 Å². The fourth-order valence-electron chi connectivity index (χ4n) is 1.74. The summed E-state index contributed by atoms with van der Waals surface area (Å²) in [5, 5.41) is 0. The minimum Gasteiger partial charge on any atom is -0.496 e. The van der Waals surface area contributed by atoms with Gasteiger partial charge in [-0.1, -0.05) is 0 Å². The molecule has 2 aromatic rings. The van der Waals surface area contributed by atoms with E-state index in [0.29, 0.717) is 5.56 Å². The van der Waals surface area contributed by atoms with Crippen molar-refractivity contribution in [2.75, 3.05) is 7.11 Å². The van der Waals surface area contributed by atoms with Gasteiger partial charge in [-0.25, -0.2) is 9.97 Å². The Morgan fingerprint density at radius 3 is 2.78 bits per heavy atom. The lowest BCUT2D eigenvalue weighted by molar-refractivity contribution is 0.0992. The van der Waals surface area contributed by atoms with Crippen molar-refractivity contribution in [1.29, 1.82) is 0 Å². The highest BCUT2D eigenvalue weighted by atomic mass is 16.5. The molecule has 1 aromatic carbocycles. The smallest absolute Gasteiger partial charge is 0.168 e. The van der Waals surface area contributed by atoms with Crippen LogP contribution >= 0.6 is 0 Å². The van der Waals surface area contributed by atoms with Crippen LogP contribution in [0.5, 0.6) is 5.75 Å². The monoisotopic (exact) mass is 242 g/mol. The third-order valence-electron chi connectivity index (χ3n) is 2.70. The molecule has 0 aliphatic rings. The highest BCUT2D eigenvalue weighted by Crippen LogP contribution is 2.19. The molecular formula is C14H14N2O2. The molecule has 1 aromatic heterocycles. The first kappa shape index (κ1) is 12.2. The lowest BCUT2D eigenvalue weighted by Gasteiger charge is -2.06. The Balaban J connectivity index is 2.17. The van der Waals surface area contributed by atoms with Crippen LogP contribution in [0.15, 0.2) is 36.8 Å². The van der Waals surface area contributed by atoms with E-state index in [0.717, 1.165) is 17.0 Å². The van der Waals surface area contributed by atoms with Crippen molar-refractivity contribution < 1.29 is 9.53 Å². The molecule has 0 spiro atoms. The summed E-state index contributed by atoms with van der Waals surface area (Å²) < 4.78 is 5.17. The Morgan fingerprint density at radius 1 is 1.33 bits per heavy atom. The Labute approximate surface area is 106 Å². The zero-order valence-corrected chi connectivity index (χ0v) is 10.4. The highest BCUT2D eigenvalue weighted by Gasteiger charge is 2.09. The summed E-state index contributed by atoms with van der Waals surface area (Å²) in [6.07, 6.45) is 3.37. The number of hydrogen-bond donors (Lipinski definition) is 0. The lowest BCUT2D eigenvalue weighted by atomic mass is 10.0. The van der Waals surface area contributed by atoms with Gasteiger partial charge in [-0.05, 0) is 36.8 Å². The largest absolute Gasteiger partial charge is 0.496 e. The van der Waals surface area contributed by atoms with Gasteiger partial charge in [0.05, 0.1) is 19.2 Å². The molecule has 4 nitrogen and oxygen atoms in total. The summed E-state index contributed by atoms with van der Waals surface area (Å²) in [4.78, 5) is 19.9. The van der Waals surface area contributed by atoms with Gasteiger partial charge in [-0.3, -0.25) is 4.79 Å². The van der Waals surface area contributed by atoms with E-state index in [1.807, 2.05) is 19.1 Å². The van der Waals surface area contributed by atoms with Gasteiger partial charge in [-0.2, -0.15) is 0 Å². The van der Waals surface area contributed by atoms with Crippen LogP contribution in [0.2, 0.25) is 0 Å². The maximum Gasteiger partial charge on any atom is 0.168 e. The van der Waals surface area contributed by atoms with Crippen molar-refractivity contribution in [2.45, 2.75) is 13.3 Å². The third kappa shape index (κ3) is 2.71. The molecule has 0 amide bonds. The second-order valence-corrected chi connectivity index (χ2v) is 3.99. The van der Waals surface area contributed by atoms with E-state index in [1.165, 1.54) is 6.33 Å². The van der Waals surface area contributed by atoms with Gasteiger partial charge in [-0.15, -0.1) is 0 Å². The average Bonchev–Trinajstić information content (AvgIpc) is 2.39. The van der Waals surface area contributed by atoms with E-state index in [2.05, 4.69) is 9.97 Å². The SMILES string of the molecule is COc1ccc(C(=O)Cc2ccncn2)cc1C. The standard InChI is InChI=1S/C14H14N2O2/c1-10-7-11(3-4-14(10)18-2)13(17)8-12-5-6-15-9-16-12/h3-7,9H,8H2,1-2H3. The molecule has 1 heterocycles. The third-order valence-corrected chi connectivity index (χ3v) is 2.70. The van der Waals surface area contributed by atoms with Crippen LogP contribution in [0.4, 0.5) is 0 Å². The predicted molar refractivity (Wildman–Crippen MR) is 67.8 cm³/mol. The first-order valence-corrected chi connectivity index (χ1v) is 5.63. The van der Waals surface area contributed by atoms with Gasteiger partial charge in [0.1, 0.15) is 12.1 Å². The number of carbonyl (C=O) groups is 1. The quantitative estimate of drug-likeness (QED) is 0.771. The van der Waals surface area contributed by atoms with Gasteiger partial charge >= 0.3 is 0 Å². The van der Waals surface area contributed by atoms with E-state index in [-0.39, 0.29) is 12.2 Å². The molecule has 0 unspecified atom stereocenters. The lowest BCUT2D eigenvalue weighted by Crippen LogP contribution is -2.05. The van der Waals surface area contributed by atoms with Crippen molar-refractivity contribution in [2.24, 2.45) is 0 Å². The number of benzene rings is 1. The topological polar surface area (TPSA) is 52.1 Å². The van der Waals surface area contributed by atoms with Gasteiger partial charge in [0, 0.05) is 11.8 Å². The molecule has 0 atom stereocenters. The fourth-order valence-corrected chi connectivity index (χ4v) is 1.74. The van der Waals surface area contributed by atoms with Crippen LogP contribution in [0.3, 0.4) is 0 Å². The molecule has 2 rings (SSSR count). The number of ketones is 1. The van der Waals surface area contributed by atoms with Crippen LogP contribution < -0.4 is 4.74 Å². The highest BCUT2D eigenvalue weighted by molar-refractivity contribution is 5.97. The Morgan fingerprint density at radius 2 is 2.17 bits per heavy atom. The van der Waals surface area contributed by atoms with Crippen molar-refractivity contribution >= 4 is 5.78 Å². The zero-order valence-electron chi connectivity index (χ0n) is 10.4. The molecule has 0 fully saturated rings. The van der Waals surface area contributed by atoms with Crippen molar-refractivity contribution in [3.63, 3.8) is 0 Å². The van der Waals surface area contributed by atoms with E-state index >= 15 is 0 Å². The molecule has 0 aliphatic heterocycles. The van der Waals surface area contributed by atoms with E-state index in [4.69, 9.17) is 4.74 Å². The van der Waals surface area contributed by atoms with E-state index in [9.17, 15) is 4.79 Å². The summed E-state index contributed by atoms with van der Waals surface area (Å²) >= 11 is 0. The predicted octanol–water partition coefficient (Wildman–Crippen LogP) is 2.22. The van der Waals surface area contributed by atoms with Crippen molar-refractivity contribution in [3.8, 4) is 5.75 Å². The normalized spacial score (nSPS) is 10.1. The summed E-state index contributed by atoms with van der Waals surface area (Å²) in [5.41, 5.74) is 2.35. The summed E-state index contributed by atoms with van der Waals surface area (Å²) in [5.74, 6) is 0.827. The number of ether oxygens (including phenoxy) is 1. The van der Waals surface area contributed by atoms with Crippen LogP contribution in [-0.2, 0) is 6.42 Å². The summed E-state index contributed by atoms with van der Waals surface area (Å²) in [6.45, 7) is 1.92. The maximum atomic E-state index is 12.1. The molecule has 18 heavy (non-hydrogen) atoms. The van der Waals surface area contributed by atoms with E-state index < -0.39 is 0 Å². The Kier molecular flexibility index (Phi) is 3.67. The number of aromatic nitrogens is 2. The summed E-state index contributed by atoms with van der Waals surface area (Å²) in [6, 6.07) is 7.16. The Hall–Kier alpha value is -2.23. The minimum absolute atomic E-state index is 0.0412. The number of nitrogens with zero attached hydrogens (tertiary/aromatic N) is 2. The van der Waals surface area contributed by atoms with Gasteiger partial charge < -0.3 is 4.74 Å². The zero-order chi connectivity index (χ0) is 13.0. The molecule has 92 valence electrons. The van der Waals surface area contributed by atoms with Gasteiger partial charge in [0.2, 0.25) is 0 Å². The van der Waals surface area contributed by atoms with Gasteiger partial charge in [0.25, 0.3) is 0 Å². The first-order chi connectivity index (χ1) is 8.70. The number of carbonyl (C=O) groups excluding carboxylic acids is 1. The number of hydrogen-bond acceptors (Lipinski definition) is 4. The number of Topliss-reactive ketones (excluding diaryl/α,β-unsaturated/α-hetero) is 1. The molecule has 4 heteroatoms. The second kappa shape index (κ2) is 5.40. The Bertz CT molecular complexity index is 553. The van der Waals surface area contributed by atoms with Crippen LogP contribution in [0.1, 0.15) is 21.6 Å². The molecule has 0 bridgehead atoms. The van der Waals surface area contributed by atoms with Crippen molar-refractivity contribution in [3.05, 3.63) is 53.6 Å². The number of methoxy groups -OCH3 is 1. The van der Waals surface area contributed by atoms with Gasteiger partial charge in [0.15, 0.2) is 5.78 Å². The van der Waals surface area contributed by atoms with Crippen LogP contribution in [0.25, 0.3) is 0 Å². The van der Waals surface area contributed by atoms with E-state index in [1.54, 1.807) is 25.4 Å². The van der Waals surface area contributed by atoms with Crippen molar-refractivity contribution in [1.82, 2.24) is 9.97 Å². The molecule has 0 saturated carbocycles. The first-order valence-electron chi connectivity index (χ1n) is 5.63. The fraction of sp³-hybridized carbons (Fsp3) is 0.214. The second-order valence-electron chi connectivity index (χ2n) is 3.99. The minimum atomic E-state index is 0.0412. The number of rotatable bonds is 4. The maximum absolute atomic E-state index is 12.1.